The summed E-state index contributed by atoms with van der Waals surface area (Å²) in [4.78, 5) is 15.1. The number of carbonyl (C=O) groups is 1. The first-order chi connectivity index (χ1) is 7.92. The predicted molar refractivity (Wildman–Crippen MR) is 70.6 cm³/mol. The van der Waals surface area contributed by atoms with Crippen molar-refractivity contribution in [2.24, 2.45) is 5.41 Å². The second-order valence-corrected chi connectivity index (χ2v) is 6.01. The number of aromatic nitrogens is 1. The summed E-state index contributed by atoms with van der Waals surface area (Å²) in [7, 11) is 0. The molecule has 17 heavy (non-hydrogen) atoms. The van der Waals surface area contributed by atoms with E-state index in [4.69, 9.17) is 16.7 Å². The van der Waals surface area contributed by atoms with Gasteiger partial charge in [0.15, 0.2) is 0 Å². The van der Waals surface area contributed by atoms with Crippen molar-refractivity contribution in [2.75, 3.05) is 5.75 Å². The van der Waals surface area contributed by atoms with Crippen LogP contribution in [0.2, 0.25) is 5.02 Å². The molecule has 0 saturated carbocycles. The molecule has 0 fully saturated rings. The van der Waals surface area contributed by atoms with E-state index in [-0.39, 0.29) is 0 Å². The molecule has 0 radical (unpaired) electrons. The molecule has 0 aliphatic heterocycles. The molecular formula is C12H16ClNO2S. The van der Waals surface area contributed by atoms with Gasteiger partial charge in [0.05, 0.1) is 15.5 Å². The van der Waals surface area contributed by atoms with Crippen LogP contribution in [-0.4, -0.2) is 21.8 Å². The third-order valence-corrected chi connectivity index (χ3v) is 3.73. The first-order valence-electron chi connectivity index (χ1n) is 5.39. The number of carboxylic acids is 1. The Bertz CT molecular complexity index is 379. The highest BCUT2D eigenvalue weighted by Gasteiger charge is 2.25. The van der Waals surface area contributed by atoms with E-state index in [0.717, 1.165) is 17.2 Å². The maximum atomic E-state index is 10.9. The van der Waals surface area contributed by atoms with Crippen molar-refractivity contribution in [3.05, 3.63) is 23.4 Å². The van der Waals surface area contributed by atoms with Gasteiger partial charge in [-0.05, 0) is 44.6 Å². The van der Waals surface area contributed by atoms with Crippen LogP contribution >= 0.6 is 23.4 Å². The molecule has 3 nitrogen and oxygen atoms in total. The Morgan fingerprint density at radius 2 is 2.24 bits per heavy atom. The average Bonchev–Trinajstić information content (AvgIpc) is 2.26. The second kappa shape index (κ2) is 6.26. The maximum absolute atomic E-state index is 10.9. The van der Waals surface area contributed by atoms with Crippen LogP contribution in [0.15, 0.2) is 23.4 Å². The molecular weight excluding hydrogens is 258 g/mol. The van der Waals surface area contributed by atoms with Gasteiger partial charge in [-0.2, -0.15) is 0 Å². The molecule has 1 aromatic heterocycles. The molecule has 0 spiro atoms. The summed E-state index contributed by atoms with van der Waals surface area (Å²) < 4.78 is 0. The topological polar surface area (TPSA) is 50.2 Å². The standard InChI is InChI=1S/C12H16ClNO2S/c1-12(2,11(15)16)6-3-7-17-10-5-4-9(13)8-14-10/h4-5,8H,3,6-7H2,1-2H3,(H,15,16). The Morgan fingerprint density at radius 1 is 1.53 bits per heavy atom. The van der Waals surface area contributed by atoms with Crippen LogP contribution in [0, 0.1) is 5.41 Å². The van der Waals surface area contributed by atoms with Crippen LogP contribution in [0.1, 0.15) is 26.7 Å². The van der Waals surface area contributed by atoms with Crippen molar-refractivity contribution in [3.63, 3.8) is 0 Å². The van der Waals surface area contributed by atoms with Crippen molar-refractivity contribution < 1.29 is 9.90 Å². The van der Waals surface area contributed by atoms with Crippen LogP contribution in [0.4, 0.5) is 0 Å². The van der Waals surface area contributed by atoms with E-state index in [2.05, 4.69) is 4.98 Å². The molecule has 1 heterocycles. The van der Waals surface area contributed by atoms with Gasteiger partial charge >= 0.3 is 5.97 Å². The molecule has 0 saturated heterocycles. The highest BCUT2D eigenvalue weighted by molar-refractivity contribution is 7.99. The lowest BCUT2D eigenvalue weighted by Crippen LogP contribution is -2.23. The summed E-state index contributed by atoms with van der Waals surface area (Å²) in [5.41, 5.74) is -0.645. The minimum atomic E-state index is -0.743. The minimum Gasteiger partial charge on any atom is -0.481 e. The van der Waals surface area contributed by atoms with Gasteiger partial charge in [-0.3, -0.25) is 4.79 Å². The Morgan fingerprint density at radius 3 is 2.76 bits per heavy atom. The fourth-order valence-corrected chi connectivity index (χ4v) is 2.15. The summed E-state index contributed by atoms with van der Waals surface area (Å²) in [6.45, 7) is 3.50. The first-order valence-corrected chi connectivity index (χ1v) is 6.76. The Balaban J connectivity index is 2.29. The average molecular weight is 274 g/mol. The highest BCUT2D eigenvalue weighted by Crippen LogP contribution is 2.25. The van der Waals surface area contributed by atoms with E-state index in [9.17, 15) is 4.79 Å². The van der Waals surface area contributed by atoms with E-state index >= 15 is 0 Å². The number of hydrogen-bond donors (Lipinski definition) is 1. The van der Waals surface area contributed by atoms with Crippen LogP contribution in [0.25, 0.3) is 0 Å². The van der Waals surface area contributed by atoms with Crippen molar-refractivity contribution in [1.82, 2.24) is 4.98 Å². The zero-order valence-electron chi connectivity index (χ0n) is 9.94. The molecule has 0 unspecified atom stereocenters. The van der Waals surface area contributed by atoms with Crippen LogP contribution in [0.3, 0.4) is 0 Å². The van der Waals surface area contributed by atoms with Gasteiger partial charge in [0.1, 0.15) is 0 Å². The zero-order valence-corrected chi connectivity index (χ0v) is 11.5. The van der Waals surface area contributed by atoms with E-state index in [1.807, 2.05) is 6.07 Å². The SMILES string of the molecule is CC(C)(CCCSc1ccc(Cl)cn1)C(=O)O. The molecule has 1 aromatic rings. The van der Waals surface area contributed by atoms with Crippen molar-refractivity contribution >= 4 is 29.3 Å². The highest BCUT2D eigenvalue weighted by atomic mass is 35.5. The number of nitrogens with zero attached hydrogens (tertiary/aromatic N) is 1. The smallest absolute Gasteiger partial charge is 0.309 e. The van der Waals surface area contributed by atoms with Crippen molar-refractivity contribution in [3.8, 4) is 0 Å². The molecule has 0 aliphatic carbocycles. The van der Waals surface area contributed by atoms with Gasteiger partial charge in [-0.1, -0.05) is 11.6 Å². The van der Waals surface area contributed by atoms with Crippen LogP contribution in [-0.2, 0) is 4.79 Å². The Hall–Kier alpha value is -0.740. The van der Waals surface area contributed by atoms with Gasteiger partial charge < -0.3 is 5.11 Å². The normalized spacial score (nSPS) is 11.5. The summed E-state index contributed by atoms with van der Waals surface area (Å²) >= 11 is 7.35. The monoisotopic (exact) mass is 273 g/mol. The van der Waals surface area contributed by atoms with Gasteiger partial charge in [0.25, 0.3) is 0 Å². The summed E-state index contributed by atoms with van der Waals surface area (Å²) in [5, 5.41) is 10.5. The molecule has 0 atom stereocenters. The van der Waals surface area contributed by atoms with Gasteiger partial charge in [-0.25, -0.2) is 4.98 Å². The number of pyridine rings is 1. The lowest BCUT2D eigenvalue weighted by atomic mass is 9.88. The summed E-state index contributed by atoms with van der Waals surface area (Å²) in [6.07, 6.45) is 3.14. The quantitative estimate of drug-likeness (QED) is 0.634. The second-order valence-electron chi connectivity index (χ2n) is 4.46. The van der Waals surface area contributed by atoms with E-state index < -0.39 is 11.4 Å². The first kappa shape index (κ1) is 14.3. The molecule has 1 rings (SSSR count). The maximum Gasteiger partial charge on any atom is 0.309 e. The minimum absolute atomic E-state index is 0.626. The number of aliphatic carboxylic acids is 1. The predicted octanol–water partition coefficient (Wildman–Crippen LogP) is 3.72. The van der Waals surface area contributed by atoms with Crippen LogP contribution < -0.4 is 0 Å². The van der Waals surface area contributed by atoms with Crippen LogP contribution in [0.5, 0.6) is 0 Å². The molecule has 94 valence electrons. The molecule has 1 N–H and O–H groups in total. The third kappa shape index (κ3) is 4.96. The molecule has 0 bridgehead atoms. The fourth-order valence-electron chi connectivity index (χ4n) is 1.25. The molecule has 0 aliphatic rings. The molecule has 0 amide bonds. The summed E-state index contributed by atoms with van der Waals surface area (Å²) in [6, 6.07) is 3.67. The number of thioether (sulfide) groups is 1. The van der Waals surface area contributed by atoms with E-state index in [0.29, 0.717) is 11.4 Å². The van der Waals surface area contributed by atoms with Gasteiger partial charge in [-0.15, -0.1) is 11.8 Å². The number of rotatable bonds is 6. The number of hydrogen-bond acceptors (Lipinski definition) is 3. The zero-order chi connectivity index (χ0) is 12.9. The Labute approximate surface area is 111 Å². The fraction of sp³-hybridized carbons (Fsp3) is 0.500. The van der Waals surface area contributed by atoms with E-state index in [1.165, 1.54) is 0 Å². The lowest BCUT2D eigenvalue weighted by molar-refractivity contribution is -0.147. The number of halogens is 1. The van der Waals surface area contributed by atoms with Crippen molar-refractivity contribution in [2.45, 2.75) is 31.7 Å². The molecule has 5 heteroatoms. The largest absolute Gasteiger partial charge is 0.481 e. The van der Waals surface area contributed by atoms with Gasteiger partial charge in [0.2, 0.25) is 0 Å². The lowest BCUT2D eigenvalue weighted by Gasteiger charge is -2.18. The molecule has 0 aromatic carbocycles. The van der Waals surface area contributed by atoms with Crippen molar-refractivity contribution in [1.29, 1.82) is 0 Å². The van der Waals surface area contributed by atoms with E-state index in [1.54, 1.807) is 37.9 Å². The van der Waals surface area contributed by atoms with Gasteiger partial charge in [0, 0.05) is 6.20 Å². The summed E-state index contributed by atoms with van der Waals surface area (Å²) in [5.74, 6) is 0.123. The third-order valence-electron chi connectivity index (χ3n) is 2.48. The Kier molecular flexibility index (Phi) is 5.28. The number of carboxylic acid groups (broad SMARTS) is 1.